The SMILES string of the molecule is N#Cc1nccc2cc(B(O)O)sc12. The van der Waals surface area contributed by atoms with Gasteiger partial charge in [0.1, 0.15) is 6.07 Å². The monoisotopic (exact) mass is 204 g/mol. The minimum Gasteiger partial charge on any atom is -0.423 e. The molecule has 0 saturated heterocycles. The molecule has 6 heteroatoms. The van der Waals surface area contributed by atoms with Gasteiger partial charge in [-0.25, -0.2) is 4.98 Å². The first-order valence-electron chi connectivity index (χ1n) is 3.87. The Labute approximate surface area is 84.2 Å². The van der Waals surface area contributed by atoms with E-state index in [0.717, 1.165) is 5.39 Å². The van der Waals surface area contributed by atoms with E-state index in [4.69, 9.17) is 15.3 Å². The fourth-order valence-corrected chi connectivity index (χ4v) is 2.16. The molecule has 0 aliphatic heterocycles. The van der Waals surface area contributed by atoms with Gasteiger partial charge in [0.25, 0.3) is 0 Å². The zero-order valence-corrected chi connectivity index (χ0v) is 7.82. The van der Waals surface area contributed by atoms with Gasteiger partial charge < -0.3 is 10.0 Å². The largest absolute Gasteiger partial charge is 0.499 e. The predicted molar refractivity (Wildman–Crippen MR) is 54.2 cm³/mol. The van der Waals surface area contributed by atoms with Crippen molar-refractivity contribution in [3.8, 4) is 6.07 Å². The summed E-state index contributed by atoms with van der Waals surface area (Å²) < 4.78 is 1.11. The Hall–Kier alpha value is -1.42. The van der Waals surface area contributed by atoms with Gasteiger partial charge >= 0.3 is 7.12 Å². The lowest BCUT2D eigenvalue weighted by Gasteiger charge is -1.89. The molecule has 0 radical (unpaired) electrons. The van der Waals surface area contributed by atoms with E-state index in [-0.39, 0.29) is 0 Å². The van der Waals surface area contributed by atoms with Crippen molar-refractivity contribution in [3.05, 3.63) is 24.0 Å². The Morgan fingerprint density at radius 1 is 1.50 bits per heavy atom. The highest BCUT2D eigenvalue weighted by Crippen LogP contribution is 2.21. The van der Waals surface area contributed by atoms with Crippen LogP contribution in [0.4, 0.5) is 0 Å². The van der Waals surface area contributed by atoms with E-state index >= 15 is 0 Å². The van der Waals surface area contributed by atoms with Crippen LogP contribution in [0.25, 0.3) is 10.1 Å². The number of rotatable bonds is 1. The summed E-state index contributed by atoms with van der Waals surface area (Å²) in [4.78, 5) is 3.88. The molecule has 2 N–H and O–H groups in total. The first kappa shape index (κ1) is 9.15. The summed E-state index contributed by atoms with van der Waals surface area (Å²) in [5.74, 6) is 0. The minimum atomic E-state index is -1.49. The molecule has 0 fully saturated rings. The van der Waals surface area contributed by atoms with Gasteiger partial charge in [0.2, 0.25) is 0 Å². The molecule has 0 aliphatic rings. The molecule has 0 atom stereocenters. The van der Waals surface area contributed by atoms with Crippen LogP contribution < -0.4 is 4.78 Å². The van der Waals surface area contributed by atoms with Gasteiger partial charge in [-0.3, -0.25) is 0 Å². The quantitative estimate of drug-likeness (QED) is 0.633. The summed E-state index contributed by atoms with van der Waals surface area (Å²) in [6.07, 6.45) is 1.53. The van der Waals surface area contributed by atoms with Crippen LogP contribution in [-0.4, -0.2) is 22.2 Å². The number of fused-ring (bicyclic) bond motifs is 1. The topological polar surface area (TPSA) is 77.1 Å². The number of thiophene rings is 1. The van der Waals surface area contributed by atoms with Gasteiger partial charge in [0.15, 0.2) is 5.69 Å². The fraction of sp³-hybridized carbons (Fsp3) is 0. The van der Waals surface area contributed by atoms with Crippen molar-refractivity contribution in [3.63, 3.8) is 0 Å². The third-order valence-corrected chi connectivity index (χ3v) is 3.01. The molecule has 4 nitrogen and oxygen atoms in total. The van der Waals surface area contributed by atoms with E-state index in [2.05, 4.69) is 4.98 Å². The maximum atomic E-state index is 8.95. The number of hydrogen-bond donors (Lipinski definition) is 2. The second-order valence-electron chi connectivity index (χ2n) is 2.71. The summed E-state index contributed by atoms with van der Waals surface area (Å²) >= 11 is 1.17. The van der Waals surface area contributed by atoms with Crippen molar-refractivity contribution in [2.45, 2.75) is 0 Å². The van der Waals surface area contributed by atoms with Gasteiger partial charge in [-0.1, -0.05) is 0 Å². The molecule has 2 rings (SSSR count). The summed E-state index contributed by atoms with van der Waals surface area (Å²) in [5, 5.41) is 27.5. The number of nitrogens with zero attached hydrogens (tertiary/aromatic N) is 2. The first-order valence-corrected chi connectivity index (χ1v) is 4.68. The van der Waals surface area contributed by atoms with Crippen LogP contribution in [0.5, 0.6) is 0 Å². The van der Waals surface area contributed by atoms with Crippen molar-refractivity contribution < 1.29 is 10.0 Å². The van der Waals surface area contributed by atoms with E-state index in [1.54, 1.807) is 12.1 Å². The molecule has 2 heterocycles. The van der Waals surface area contributed by atoms with Crippen LogP contribution in [-0.2, 0) is 0 Å². The Kier molecular flexibility index (Phi) is 2.21. The van der Waals surface area contributed by atoms with Gasteiger partial charge in [-0.05, 0) is 17.5 Å². The molecule has 0 unspecified atom stereocenters. The number of nitriles is 1. The molecule has 0 saturated carbocycles. The van der Waals surface area contributed by atoms with Crippen molar-refractivity contribution in [2.24, 2.45) is 0 Å². The Morgan fingerprint density at radius 2 is 2.29 bits per heavy atom. The zero-order valence-electron chi connectivity index (χ0n) is 7.01. The summed E-state index contributed by atoms with van der Waals surface area (Å²) in [6.45, 7) is 0. The summed E-state index contributed by atoms with van der Waals surface area (Å²) in [7, 11) is -1.49. The fourth-order valence-electron chi connectivity index (χ4n) is 1.19. The number of aromatic nitrogens is 1. The number of hydrogen-bond acceptors (Lipinski definition) is 5. The Balaban J connectivity index is 2.72. The van der Waals surface area contributed by atoms with Crippen molar-refractivity contribution in [1.82, 2.24) is 4.98 Å². The highest BCUT2D eigenvalue weighted by Gasteiger charge is 2.16. The van der Waals surface area contributed by atoms with Crippen LogP contribution in [0.2, 0.25) is 0 Å². The smallest absolute Gasteiger partial charge is 0.423 e. The predicted octanol–water partition coefficient (Wildman–Crippen LogP) is -0.152. The molecule has 0 amide bonds. The third kappa shape index (κ3) is 1.38. The second-order valence-corrected chi connectivity index (χ2v) is 3.80. The Morgan fingerprint density at radius 3 is 2.93 bits per heavy atom. The standard InChI is InChI=1S/C8H5BN2O2S/c10-4-6-8-5(1-2-11-6)3-7(14-8)9(12)13/h1-3,12-13H. The normalized spacial score (nSPS) is 10.1. The van der Waals surface area contributed by atoms with Gasteiger partial charge in [0.05, 0.1) is 4.70 Å². The molecule has 0 aliphatic carbocycles. The van der Waals surface area contributed by atoms with Crippen LogP contribution in [0.15, 0.2) is 18.3 Å². The second kappa shape index (κ2) is 3.38. The summed E-state index contributed by atoms with van der Waals surface area (Å²) in [5.41, 5.74) is 0.319. The van der Waals surface area contributed by atoms with Crippen LogP contribution in [0.3, 0.4) is 0 Å². The van der Waals surface area contributed by atoms with Crippen LogP contribution >= 0.6 is 11.3 Å². The van der Waals surface area contributed by atoms with E-state index in [1.165, 1.54) is 17.5 Å². The highest BCUT2D eigenvalue weighted by molar-refractivity contribution is 7.28. The lowest BCUT2D eigenvalue weighted by Crippen LogP contribution is -2.26. The molecule has 68 valence electrons. The van der Waals surface area contributed by atoms with E-state index < -0.39 is 7.12 Å². The Bertz CT molecular complexity index is 518. The molecular weight excluding hydrogens is 199 g/mol. The van der Waals surface area contributed by atoms with Crippen molar-refractivity contribution in [1.29, 1.82) is 5.26 Å². The summed E-state index contributed by atoms with van der Waals surface area (Å²) in [6, 6.07) is 5.34. The van der Waals surface area contributed by atoms with Crippen molar-refractivity contribution >= 4 is 33.3 Å². The van der Waals surface area contributed by atoms with E-state index in [1.807, 2.05) is 6.07 Å². The molecule has 14 heavy (non-hydrogen) atoms. The first-order chi connectivity index (χ1) is 6.72. The van der Waals surface area contributed by atoms with Gasteiger partial charge in [0, 0.05) is 11.0 Å². The van der Waals surface area contributed by atoms with E-state index in [0.29, 0.717) is 15.2 Å². The maximum absolute atomic E-state index is 8.95. The van der Waals surface area contributed by atoms with Gasteiger partial charge in [-0.2, -0.15) is 5.26 Å². The molecule has 2 aromatic rings. The lowest BCUT2D eigenvalue weighted by atomic mass is 9.89. The van der Waals surface area contributed by atoms with Gasteiger partial charge in [-0.15, -0.1) is 11.3 Å². The highest BCUT2D eigenvalue weighted by atomic mass is 32.1. The maximum Gasteiger partial charge on any atom is 0.499 e. The van der Waals surface area contributed by atoms with Crippen LogP contribution in [0.1, 0.15) is 5.69 Å². The molecule has 0 bridgehead atoms. The lowest BCUT2D eigenvalue weighted by molar-refractivity contribution is 0.427. The average molecular weight is 204 g/mol. The molecular formula is C8H5BN2O2S. The molecule has 0 aromatic carbocycles. The van der Waals surface area contributed by atoms with E-state index in [9.17, 15) is 0 Å². The number of pyridine rings is 1. The molecule has 0 spiro atoms. The average Bonchev–Trinajstić information content (AvgIpc) is 2.60. The van der Waals surface area contributed by atoms with Crippen LogP contribution in [0, 0.1) is 11.3 Å². The zero-order chi connectivity index (χ0) is 10.1. The van der Waals surface area contributed by atoms with Crippen molar-refractivity contribution in [2.75, 3.05) is 0 Å². The minimum absolute atomic E-state index is 0.319. The third-order valence-electron chi connectivity index (χ3n) is 1.81. The molecule has 2 aromatic heterocycles.